The normalized spacial score (nSPS) is 33.1. The fraction of sp³-hybridized carbons (Fsp3) is 0.733. The molecule has 4 heterocycles. The number of carbonyl (C=O) groups is 4. The maximum Gasteiger partial charge on any atom is 0.313 e. The molecule has 3 amide bonds. The number of nitrogens with one attached hydrogen (secondary N) is 1. The third-order valence-electron chi connectivity index (χ3n) is 8.52. The minimum absolute atomic E-state index is 0.120. The number of aliphatic hydroxyl groups is 1. The summed E-state index contributed by atoms with van der Waals surface area (Å²) < 4.78 is 12.9. The minimum Gasteiger partial charge on any atom is -0.460 e. The van der Waals surface area contributed by atoms with Crippen molar-refractivity contribution in [2.45, 2.75) is 95.5 Å². The summed E-state index contributed by atoms with van der Waals surface area (Å²) in [5.74, 6) is -2.95. The largest absolute Gasteiger partial charge is 0.460 e. The Morgan fingerprint density at radius 1 is 1.05 bits per heavy atom. The van der Waals surface area contributed by atoms with Gasteiger partial charge in [-0.05, 0) is 38.7 Å². The lowest BCUT2D eigenvalue weighted by atomic mass is 9.74. The van der Waals surface area contributed by atoms with E-state index in [0.717, 1.165) is 32.1 Å². The third kappa shape index (κ3) is 6.72. The van der Waals surface area contributed by atoms with Crippen molar-refractivity contribution in [1.29, 1.82) is 0 Å². The summed E-state index contributed by atoms with van der Waals surface area (Å²) in [6.45, 7) is 5.35. The number of likely N-dealkylation sites (tertiary alicyclic amines) is 1. The fourth-order valence-corrected chi connectivity index (χ4v) is 7.21. The lowest BCUT2D eigenvalue weighted by Crippen LogP contribution is -2.56. The summed E-state index contributed by atoms with van der Waals surface area (Å²) in [7, 11) is 0. The van der Waals surface area contributed by atoms with Crippen LogP contribution in [-0.4, -0.2) is 95.2 Å². The van der Waals surface area contributed by atoms with Crippen LogP contribution in [0.15, 0.2) is 22.7 Å². The number of nitrogens with zero attached hydrogens (tertiary/aromatic N) is 2. The number of hydrogen-bond donors (Lipinski definition) is 2. The Morgan fingerprint density at radius 3 is 2.56 bits per heavy atom. The molecule has 228 valence electrons. The number of amides is 3. The van der Waals surface area contributed by atoms with E-state index >= 15 is 0 Å². The Morgan fingerprint density at radius 2 is 1.80 bits per heavy atom. The molecule has 2 saturated heterocycles. The topological polar surface area (TPSA) is 125 Å². The average molecular weight is 639 g/mol. The highest BCUT2D eigenvalue weighted by molar-refractivity contribution is 9.11. The number of rotatable bonds is 10. The number of ether oxygens (including phenoxy) is 2. The van der Waals surface area contributed by atoms with Gasteiger partial charge in [-0.2, -0.15) is 0 Å². The van der Waals surface area contributed by atoms with Crippen LogP contribution in [0.25, 0.3) is 0 Å². The molecule has 0 unspecified atom stereocenters. The molecule has 2 N–H and O–H groups in total. The van der Waals surface area contributed by atoms with Crippen LogP contribution in [0.1, 0.15) is 71.6 Å². The molecule has 4 aliphatic rings. The molecule has 0 saturated carbocycles. The highest BCUT2D eigenvalue weighted by atomic mass is 79.9. The van der Waals surface area contributed by atoms with Crippen molar-refractivity contribution in [2.24, 2.45) is 11.8 Å². The molecule has 4 rings (SSSR count). The summed E-state index contributed by atoms with van der Waals surface area (Å²) in [6.07, 6.45) is 11.0. The number of aliphatic hydroxyl groups excluding tert-OH is 1. The van der Waals surface area contributed by atoms with E-state index in [4.69, 9.17) is 14.6 Å². The molecule has 11 heteroatoms. The zero-order valence-corrected chi connectivity index (χ0v) is 25.8. The van der Waals surface area contributed by atoms with E-state index in [2.05, 4.69) is 28.2 Å². The number of cyclic esters (lactones) is 1. The van der Waals surface area contributed by atoms with Crippen molar-refractivity contribution >= 4 is 39.6 Å². The quantitative estimate of drug-likeness (QED) is 0.214. The first-order chi connectivity index (χ1) is 19.7. The van der Waals surface area contributed by atoms with E-state index < -0.39 is 41.7 Å². The molecular formula is C30H44BrN3O7. The number of allylic oxidation sites excluding steroid dienone is 1. The second-order valence-corrected chi connectivity index (χ2v) is 12.5. The van der Waals surface area contributed by atoms with Gasteiger partial charge in [-0.3, -0.25) is 19.2 Å². The van der Waals surface area contributed by atoms with E-state index in [1.807, 2.05) is 18.2 Å². The van der Waals surface area contributed by atoms with Crippen LogP contribution in [0.3, 0.4) is 0 Å². The number of hydrogen-bond acceptors (Lipinski definition) is 7. The molecule has 41 heavy (non-hydrogen) atoms. The van der Waals surface area contributed by atoms with E-state index in [1.165, 1.54) is 0 Å². The standard InChI is InChI=1S/C30H44BrN3O7/c1-3-4-9-14-33-15-10-7-8-13-22(36)32-19-20(2)40-29(39)23-24-27(37)34(16-11-5-6-12-17-35)26(28(33)38)30(24)18-21(31)25(23)41-30/h7,10,18,20,23-26,35H,3-6,8-9,11-17,19H2,1-2H3,(H,32,36)/b10-7-/t20-,23+,24-,25+,26+,30-/m0/s1. The maximum absolute atomic E-state index is 14.5. The third-order valence-corrected chi connectivity index (χ3v) is 9.20. The summed E-state index contributed by atoms with van der Waals surface area (Å²) in [6, 6.07) is -0.903. The highest BCUT2D eigenvalue weighted by Crippen LogP contribution is 2.58. The molecule has 2 fully saturated rings. The summed E-state index contributed by atoms with van der Waals surface area (Å²) in [5, 5.41) is 12.0. The lowest BCUT2D eigenvalue weighted by molar-refractivity contribution is -0.158. The number of halogens is 1. The summed E-state index contributed by atoms with van der Waals surface area (Å²) in [4.78, 5) is 57.9. The minimum atomic E-state index is -1.27. The Kier molecular flexibility index (Phi) is 11.0. The average Bonchev–Trinajstić information content (AvgIpc) is 3.53. The number of carbonyl (C=O) groups excluding carboxylic acids is 4. The Labute approximate surface area is 251 Å². The molecular weight excluding hydrogens is 594 g/mol. The predicted octanol–water partition coefficient (Wildman–Crippen LogP) is 2.83. The van der Waals surface area contributed by atoms with Crippen LogP contribution >= 0.6 is 15.9 Å². The van der Waals surface area contributed by atoms with Crippen LogP contribution < -0.4 is 5.32 Å². The zero-order valence-electron chi connectivity index (χ0n) is 24.2. The molecule has 0 aliphatic carbocycles. The van der Waals surface area contributed by atoms with Gasteiger partial charge in [0.1, 0.15) is 29.8 Å². The zero-order chi connectivity index (χ0) is 29.6. The second-order valence-electron chi connectivity index (χ2n) is 11.5. The van der Waals surface area contributed by atoms with Gasteiger partial charge in [-0.25, -0.2) is 0 Å². The van der Waals surface area contributed by atoms with E-state index in [1.54, 1.807) is 16.7 Å². The molecule has 4 aliphatic heterocycles. The van der Waals surface area contributed by atoms with Crippen LogP contribution in [0.5, 0.6) is 0 Å². The van der Waals surface area contributed by atoms with Gasteiger partial charge in [0, 0.05) is 37.1 Å². The van der Waals surface area contributed by atoms with Crippen molar-refractivity contribution in [1.82, 2.24) is 15.1 Å². The van der Waals surface area contributed by atoms with E-state index in [9.17, 15) is 19.2 Å². The molecule has 0 aromatic carbocycles. The Bertz CT molecular complexity index is 1050. The van der Waals surface area contributed by atoms with Crippen molar-refractivity contribution in [3.63, 3.8) is 0 Å². The van der Waals surface area contributed by atoms with Gasteiger partial charge in [-0.15, -0.1) is 0 Å². The maximum atomic E-state index is 14.5. The number of unbranched alkanes of at least 4 members (excludes halogenated alkanes) is 5. The fourth-order valence-electron chi connectivity index (χ4n) is 6.47. The second kappa shape index (κ2) is 14.3. The molecule has 1 spiro atoms. The molecule has 0 aromatic rings. The van der Waals surface area contributed by atoms with E-state index in [0.29, 0.717) is 49.8 Å². The molecule has 6 atom stereocenters. The van der Waals surface area contributed by atoms with Gasteiger partial charge in [0.15, 0.2) is 0 Å². The van der Waals surface area contributed by atoms with Gasteiger partial charge in [-0.1, -0.05) is 60.7 Å². The molecule has 5 bridgehead atoms. The first kappa shape index (κ1) is 31.7. The van der Waals surface area contributed by atoms with Crippen LogP contribution in [0.4, 0.5) is 0 Å². The Hall–Kier alpha value is -2.24. The van der Waals surface area contributed by atoms with Gasteiger partial charge < -0.3 is 29.7 Å². The summed E-state index contributed by atoms with van der Waals surface area (Å²) in [5.41, 5.74) is -1.27. The van der Waals surface area contributed by atoms with E-state index in [-0.39, 0.29) is 30.9 Å². The smallest absolute Gasteiger partial charge is 0.313 e. The van der Waals surface area contributed by atoms with Crippen molar-refractivity contribution in [3.05, 3.63) is 22.7 Å². The molecule has 0 radical (unpaired) electrons. The summed E-state index contributed by atoms with van der Waals surface area (Å²) >= 11 is 3.57. The first-order valence-electron chi connectivity index (χ1n) is 15.1. The van der Waals surface area contributed by atoms with Crippen molar-refractivity contribution < 1.29 is 33.8 Å². The van der Waals surface area contributed by atoms with Crippen LogP contribution in [0.2, 0.25) is 0 Å². The number of esters is 1. The SMILES string of the molecule is CCCCCN1C/C=C\CCC(=O)NC[C@H](C)OC(=O)[C@H]2[C@@H]3O[C@@]4(C=C3Br)[C@@H]2C(=O)N(CCCCCCO)[C@@H]4C1=O. The molecule has 10 nitrogen and oxygen atoms in total. The van der Waals surface area contributed by atoms with Gasteiger partial charge in [0.05, 0.1) is 12.5 Å². The number of fused-ring (bicyclic) bond motifs is 2. The van der Waals surface area contributed by atoms with Gasteiger partial charge in [0.25, 0.3) is 0 Å². The highest BCUT2D eigenvalue weighted by Gasteiger charge is 2.74. The molecule has 0 aromatic heterocycles. The van der Waals surface area contributed by atoms with Crippen LogP contribution in [0, 0.1) is 11.8 Å². The van der Waals surface area contributed by atoms with Gasteiger partial charge in [0.2, 0.25) is 17.7 Å². The monoisotopic (exact) mass is 637 g/mol. The Balaban J connectivity index is 1.71. The predicted molar refractivity (Wildman–Crippen MR) is 156 cm³/mol. The first-order valence-corrected chi connectivity index (χ1v) is 15.9. The lowest BCUT2D eigenvalue weighted by Gasteiger charge is -2.36. The van der Waals surface area contributed by atoms with Crippen molar-refractivity contribution in [2.75, 3.05) is 32.8 Å². The van der Waals surface area contributed by atoms with Gasteiger partial charge >= 0.3 is 5.97 Å². The van der Waals surface area contributed by atoms with Crippen LogP contribution in [-0.2, 0) is 28.7 Å². The van der Waals surface area contributed by atoms with Crippen molar-refractivity contribution in [3.8, 4) is 0 Å².